The summed E-state index contributed by atoms with van der Waals surface area (Å²) in [6.07, 6.45) is 4.13. The molecular formula is C18H29N3O2. The van der Waals surface area contributed by atoms with Gasteiger partial charge in [-0.15, -0.1) is 0 Å². The van der Waals surface area contributed by atoms with Crippen LogP contribution >= 0.6 is 0 Å². The average Bonchev–Trinajstić information content (AvgIpc) is 2.59. The molecule has 0 aliphatic carbocycles. The number of amides is 2. The van der Waals surface area contributed by atoms with Crippen LogP contribution in [0.15, 0.2) is 24.3 Å². The molecule has 1 aliphatic rings. The first-order valence-corrected chi connectivity index (χ1v) is 8.61. The van der Waals surface area contributed by atoms with Crippen molar-refractivity contribution in [2.45, 2.75) is 38.6 Å². The molecular weight excluding hydrogens is 290 g/mol. The highest BCUT2D eigenvalue weighted by Gasteiger charge is 2.19. The molecule has 1 aliphatic heterocycles. The number of nitrogens with one attached hydrogen (secondary N) is 2. The van der Waals surface area contributed by atoms with Crippen LogP contribution in [-0.4, -0.2) is 50.3 Å². The number of piperidine rings is 1. The molecule has 1 aromatic carbocycles. The molecule has 1 atom stereocenters. The van der Waals surface area contributed by atoms with Crippen molar-refractivity contribution < 1.29 is 9.53 Å². The third-order valence-electron chi connectivity index (χ3n) is 4.37. The topological polar surface area (TPSA) is 53.6 Å². The van der Waals surface area contributed by atoms with E-state index in [9.17, 15) is 4.79 Å². The van der Waals surface area contributed by atoms with E-state index in [1.807, 2.05) is 12.1 Å². The van der Waals surface area contributed by atoms with E-state index in [2.05, 4.69) is 34.6 Å². The van der Waals surface area contributed by atoms with Crippen LogP contribution in [0, 0.1) is 0 Å². The van der Waals surface area contributed by atoms with Gasteiger partial charge in [0.05, 0.1) is 7.11 Å². The van der Waals surface area contributed by atoms with Gasteiger partial charge in [0, 0.05) is 19.1 Å². The molecule has 2 rings (SSSR count). The normalized spacial score (nSPS) is 18.4. The van der Waals surface area contributed by atoms with E-state index in [1.54, 1.807) is 7.11 Å². The van der Waals surface area contributed by atoms with Crippen LogP contribution in [0.5, 0.6) is 5.75 Å². The van der Waals surface area contributed by atoms with E-state index in [1.165, 1.54) is 5.56 Å². The van der Waals surface area contributed by atoms with Crippen LogP contribution in [0.1, 0.15) is 31.7 Å². The number of likely N-dealkylation sites (N-methyl/N-ethyl adjacent to an activating group) is 1. The number of carbonyl (C=O) groups excluding carboxylic acids is 1. The van der Waals surface area contributed by atoms with Gasteiger partial charge < -0.3 is 20.3 Å². The van der Waals surface area contributed by atoms with Crippen molar-refractivity contribution in [3.8, 4) is 5.75 Å². The second-order valence-electron chi connectivity index (χ2n) is 6.08. The van der Waals surface area contributed by atoms with Crippen molar-refractivity contribution in [1.82, 2.24) is 15.5 Å². The summed E-state index contributed by atoms with van der Waals surface area (Å²) in [6.45, 7) is 6.04. The van der Waals surface area contributed by atoms with Gasteiger partial charge in [0.25, 0.3) is 0 Å². The first kappa shape index (κ1) is 17.6. The van der Waals surface area contributed by atoms with Gasteiger partial charge in [0.2, 0.25) is 0 Å². The summed E-state index contributed by atoms with van der Waals surface area (Å²) in [5.74, 6) is 0.875. The lowest BCUT2D eigenvalue weighted by molar-refractivity contribution is 0.192. The predicted octanol–water partition coefficient (Wildman–Crippen LogP) is 2.41. The van der Waals surface area contributed by atoms with Gasteiger partial charge in [-0.2, -0.15) is 0 Å². The summed E-state index contributed by atoms with van der Waals surface area (Å²) in [5, 5.41) is 6.05. The zero-order valence-electron chi connectivity index (χ0n) is 14.3. The molecule has 0 radical (unpaired) electrons. The maximum atomic E-state index is 11.9. The fourth-order valence-electron chi connectivity index (χ4n) is 2.98. The second-order valence-corrected chi connectivity index (χ2v) is 6.08. The van der Waals surface area contributed by atoms with E-state index >= 15 is 0 Å². The Hall–Kier alpha value is -1.75. The van der Waals surface area contributed by atoms with Crippen molar-refractivity contribution >= 4 is 6.03 Å². The number of urea groups is 1. The summed E-state index contributed by atoms with van der Waals surface area (Å²) in [6, 6.07) is 8.32. The van der Waals surface area contributed by atoms with E-state index < -0.39 is 0 Å². The Bertz CT molecular complexity index is 476. The third kappa shape index (κ3) is 6.10. The Kier molecular flexibility index (Phi) is 7.20. The molecule has 1 heterocycles. The van der Waals surface area contributed by atoms with Crippen LogP contribution in [0.25, 0.3) is 0 Å². The highest BCUT2D eigenvalue weighted by Crippen LogP contribution is 2.12. The van der Waals surface area contributed by atoms with Gasteiger partial charge in [-0.1, -0.05) is 19.1 Å². The lowest BCUT2D eigenvalue weighted by atomic mass is 10.1. The highest BCUT2D eigenvalue weighted by molar-refractivity contribution is 5.74. The van der Waals surface area contributed by atoms with E-state index in [0.29, 0.717) is 6.54 Å². The summed E-state index contributed by atoms with van der Waals surface area (Å²) in [7, 11) is 1.67. The summed E-state index contributed by atoms with van der Waals surface area (Å²) >= 11 is 0. The van der Waals surface area contributed by atoms with Crippen molar-refractivity contribution in [3.63, 3.8) is 0 Å². The average molecular weight is 319 g/mol. The smallest absolute Gasteiger partial charge is 0.315 e. The van der Waals surface area contributed by atoms with Crippen molar-refractivity contribution in [1.29, 1.82) is 0 Å². The molecule has 0 bridgehead atoms. The Labute approximate surface area is 139 Å². The quantitative estimate of drug-likeness (QED) is 0.759. The van der Waals surface area contributed by atoms with Crippen molar-refractivity contribution in [2.75, 3.05) is 33.3 Å². The monoisotopic (exact) mass is 319 g/mol. The predicted molar refractivity (Wildman–Crippen MR) is 93.0 cm³/mol. The summed E-state index contributed by atoms with van der Waals surface area (Å²) in [4.78, 5) is 14.3. The first-order chi connectivity index (χ1) is 11.2. The molecule has 5 heteroatoms. The van der Waals surface area contributed by atoms with Gasteiger partial charge in [0.1, 0.15) is 5.75 Å². The summed E-state index contributed by atoms with van der Waals surface area (Å²) < 4.78 is 5.15. The minimum atomic E-state index is -0.0392. The molecule has 0 aromatic heterocycles. The van der Waals surface area contributed by atoms with Crippen LogP contribution < -0.4 is 15.4 Å². The first-order valence-electron chi connectivity index (χ1n) is 8.61. The van der Waals surface area contributed by atoms with E-state index in [0.717, 1.165) is 51.1 Å². The van der Waals surface area contributed by atoms with Gasteiger partial charge in [-0.3, -0.25) is 0 Å². The molecule has 2 N–H and O–H groups in total. The minimum Gasteiger partial charge on any atom is -0.497 e. The minimum absolute atomic E-state index is 0.0392. The molecule has 1 aromatic rings. The maximum Gasteiger partial charge on any atom is 0.315 e. The molecule has 5 nitrogen and oxygen atoms in total. The number of likely N-dealkylation sites (tertiary alicyclic amines) is 1. The molecule has 23 heavy (non-hydrogen) atoms. The van der Waals surface area contributed by atoms with Gasteiger partial charge in [-0.25, -0.2) is 4.79 Å². The number of benzene rings is 1. The standard InChI is InChI=1S/C18H29N3O2/c1-3-21-13-5-7-16(14-21)20-18(22)19-12-4-6-15-8-10-17(23-2)11-9-15/h8-11,16H,3-7,12-14H2,1-2H3,(H2,19,20,22). The molecule has 2 amide bonds. The molecule has 0 saturated carbocycles. The molecule has 0 spiro atoms. The Morgan fingerprint density at radius 1 is 1.35 bits per heavy atom. The zero-order valence-corrected chi connectivity index (χ0v) is 14.3. The number of methoxy groups -OCH3 is 1. The number of aryl methyl sites for hydroxylation is 1. The van der Waals surface area contributed by atoms with Crippen molar-refractivity contribution in [2.24, 2.45) is 0 Å². The van der Waals surface area contributed by atoms with Crippen LogP contribution in [0.2, 0.25) is 0 Å². The number of hydrogen-bond donors (Lipinski definition) is 2. The van der Waals surface area contributed by atoms with Gasteiger partial charge in [0.15, 0.2) is 0 Å². The zero-order chi connectivity index (χ0) is 16.5. The fourth-order valence-corrected chi connectivity index (χ4v) is 2.98. The SMILES string of the molecule is CCN1CCCC(NC(=O)NCCCc2ccc(OC)cc2)C1. The Balaban J connectivity index is 1.60. The van der Waals surface area contributed by atoms with E-state index in [-0.39, 0.29) is 12.1 Å². The number of hydrogen-bond acceptors (Lipinski definition) is 3. The molecule has 1 saturated heterocycles. The summed E-state index contributed by atoms with van der Waals surface area (Å²) in [5.41, 5.74) is 1.26. The lowest BCUT2D eigenvalue weighted by Crippen LogP contribution is -2.50. The van der Waals surface area contributed by atoms with Crippen LogP contribution in [0.4, 0.5) is 4.79 Å². The Morgan fingerprint density at radius 3 is 2.83 bits per heavy atom. The lowest BCUT2D eigenvalue weighted by Gasteiger charge is -2.32. The van der Waals surface area contributed by atoms with Crippen LogP contribution in [0.3, 0.4) is 0 Å². The molecule has 128 valence electrons. The fraction of sp³-hybridized carbons (Fsp3) is 0.611. The number of carbonyl (C=O) groups is 1. The van der Waals surface area contributed by atoms with Crippen LogP contribution in [-0.2, 0) is 6.42 Å². The third-order valence-corrected chi connectivity index (χ3v) is 4.37. The van der Waals surface area contributed by atoms with Crippen molar-refractivity contribution in [3.05, 3.63) is 29.8 Å². The van der Waals surface area contributed by atoms with E-state index in [4.69, 9.17) is 4.74 Å². The number of nitrogens with zero attached hydrogens (tertiary/aromatic N) is 1. The number of rotatable bonds is 7. The number of ether oxygens (including phenoxy) is 1. The highest BCUT2D eigenvalue weighted by atomic mass is 16.5. The maximum absolute atomic E-state index is 11.9. The molecule has 1 fully saturated rings. The molecule has 1 unspecified atom stereocenters. The largest absolute Gasteiger partial charge is 0.497 e. The Morgan fingerprint density at radius 2 is 2.13 bits per heavy atom. The van der Waals surface area contributed by atoms with Gasteiger partial charge in [-0.05, 0) is 56.5 Å². The van der Waals surface area contributed by atoms with Gasteiger partial charge >= 0.3 is 6.03 Å². The second kappa shape index (κ2) is 9.40.